The predicted octanol–water partition coefficient (Wildman–Crippen LogP) is 1.83. The molecule has 2 heterocycles. The molecule has 5 rings (SSSR count). The van der Waals surface area contributed by atoms with E-state index in [0.717, 1.165) is 22.5 Å². The fraction of sp³-hybridized carbons (Fsp3) is 0.333. The number of fused-ring (bicyclic) bond motifs is 2. The number of carbonyl (C=O) groups is 1. The van der Waals surface area contributed by atoms with Crippen molar-refractivity contribution in [3.8, 4) is 0 Å². The third-order valence-electron chi connectivity index (χ3n) is 7.80. The molecule has 10 nitrogen and oxygen atoms in total. The Bertz CT molecular complexity index is 1530. The molecule has 2 aromatic rings. The quantitative estimate of drug-likeness (QED) is 0.140. The second kappa shape index (κ2) is 12.0. The summed E-state index contributed by atoms with van der Waals surface area (Å²) in [5.74, 6) is -0.555. The van der Waals surface area contributed by atoms with Crippen LogP contribution in [0, 0.1) is 10.1 Å². The number of aliphatic imine (C=N–C) groups is 1. The van der Waals surface area contributed by atoms with Crippen LogP contribution >= 0.6 is 11.6 Å². The van der Waals surface area contributed by atoms with Gasteiger partial charge in [0.05, 0.1) is 31.8 Å². The lowest BCUT2D eigenvalue weighted by molar-refractivity contribution is -0.384. The molecule has 0 saturated heterocycles. The number of hydrogen-bond acceptors (Lipinski definition) is 7. The average molecular weight is 616 g/mol. The zero-order valence-corrected chi connectivity index (χ0v) is 25.5. The van der Waals surface area contributed by atoms with Crippen LogP contribution in [0.3, 0.4) is 0 Å². The number of methoxy groups -OCH3 is 3. The van der Waals surface area contributed by atoms with E-state index in [2.05, 4.69) is 25.2 Å². The Kier molecular flexibility index (Phi) is 8.96. The molecule has 1 unspecified atom stereocenters. The topological polar surface area (TPSA) is 104 Å². The highest BCUT2D eigenvalue weighted by Crippen LogP contribution is 2.42. The Hall–Kier alpha value is -3.54. The maximum atomic E-state index is 13.9. The van der Waals surface area contributed by atoms with Crippen LogP contribution in [0.5, 0.6) is 0 Å². The van der Waals surface area contributed by atoms with Crippen LogP contribution < -0.4 is 21.8 Å². The Labute approximate surface area is 255 Å². The van der Waals surface area contributed by atoms with Crippen LogP contribution in [0.2, 0.25) is 0 Å². The van der Waals surface area contributed by atoms with E-state index in [1.807, 2.05) is 12.1 Å². The Morgan fingerprint density at radius 2 is 1.83 bits per heavy atom. The number of nitro groups is 1. The fourth-order valence-electron chi connectivity index (χ4n) is 5.47. The number of rotatable bonds is 9. The summed E-state index contributed by atoms with van der Waals surface area (Å²) in [6, 6.07) is 12.7. The molecule has 42 heavy (non-hydrogen) atoms. The first-order valence-corrected chi connectivity index (χ1v) is 13.6. The van der Waals surface area contributed by atoms with Gasteiger partial charge < -0.3 is 31.5 Å². The molecule has 0 fully saturated rings. The van der Waals surface area contributed by atoms with Gasteiger partial charge in [-0.05, 0) is 35.9 Å². The molecule has 0 aromatic heterocycles. The zero-order chi connectivity index (χ0) is 29.5. The number of amides is 1. The summed E-state index contributed by atoms with van der Waals surface area (Å²) >= 11 is 6.35. The lowest BCUT2D eigenvalue weighted by atomic mass is 9.98. The molecule has 1 aliphatic carbocycles. The van der Waals surface area contributed by atoms with Crippen LogP contribution in [0.1, 0.15) is 17.0 Å². The van der Waals surface area contributed by atoms with Gasteiger partial charge in [0.1, 0.15) is 29.4 Å². The van der Waals surface area contributed by atoms with E-state index in [1.165, 1.54) is 33.5 Å². The molecule has 0 spiro atoms. The fourth-order valence-corrected chi connectivity index (χ4v) is 5.74. The molecule has 12 heteroatoms. The summed E-state index contributed by atoms with van der Waals surface area (Å²) in [5.41, 5.74) is 5.30. The number of hydrogen-bond donors (Lipinski definition) is 0. The van der Waals surface area contributed by atoms with Crippen molar-refractivity contribution < 1.29 is 36.3 Å². The summed E-state index contributed by atoms with van der Waals surface area (Å²) in [6.45, 7) is 1.04. The third-order valence-corrected chi connectivity index (χ3v) is 8.17. The monoisotopic (exact) mass is 614 g/mol. The minimum absolute atomic E-state index is 0. The van der Waals surface area contributed by atoms with Crippen molar-refractivity contribution in [3.63, 3.8) is 0 Å². The molecular formula is C30H32Cl2N4O6. The van der Waals surface area contributed by atoms with Crippen molar-refractivity contribution in [2.75, 3.05) is 52.7 Å². The van der Waals surface area contributed by atoms with Gasteiger partial charge in [0.25, 0.3) is 11.6 Å². The summed E-state index contributed by atoms with van der Waals surface area (Å²) in [6.07, 6.45) is 5.18. The van der Waals surface area contributed by atoms with Gasteiger partial charge in [0.15, 0.2) is 0 Å². The summed E-state index contributed by atoms with van der Waals surface area (Å²) in [5, 5.41) is 11.0. The number of nitrogens with zero attached hydrogens (tertiary/aromatic N) is 4. The number of non-ortho nitro benzene ring substituents is 1. The number of carbonyl (C=O) groups excluding carboxylic acids is 1. The van der Waals surface area contributed by atoms with Gasteiger partial charge in [-0.1, -0.05) is 6.07 Å². The van der Waals surface area contributed by atoms with E-state index in [9.17, 15) is 14.9 Å². The molecule has 222 valence electrons. The molecule has 1 atom stereocenters. The van der Waals surface area contributed by atoms with Gasteiger partial charge in [0.2, 0.25) is 5.79 Å². The van der Waals surface area contributed by atoms with E-state index in [-0.39, 0.29) is 35.6 Å². The molecule has 2 aromatic carbocycles. The first-order chi connectivity index (χ1) is 19.5. The van der Waals surface area contributed by atoms with Gasteiger partial charge in [0, 0.05) is 68.0 Å². The third kappa shape index (κ3) is 5.60. The minimum Gasteiger partial charge on any atom is -1.00 e. The average Bonchev–Trinajstić information content (AvgIpc) is 3.57. The molecule has 0 radical (unpaired) electrons. The number of anilines is 1. The highest BCUT2D eigenvalue weighted by Gasteiger charge is 2.39. The first kappa shape index (κ1) is 31.4. The van der Waals surface area contributed by atoms with Gasteiger partial charge in [-0.15, -0.1) is 11.6 Å². The molecule has 1 amide bonds. The highest BCUT2D eigenvalue weighted by atomic mass is 35.5. The molecule has 0 bridgehead atoms. The van der Waals surface area contributed by atoms with Crippen LogP contribution in [0.15, 0.2) is 82.7 Å². The smallest absolute Gasteiger partial charge is 0.276 e. The van der Waals surface area contributed by atoms with Crippen molar-refractivity contribution in [1.82, 2.24) is 4.48 Å². The van der Waals surface area contributed by atoms with Gasteiger partial charge >= 0.3 is 0 Å². The van der Waals surface area contributed by atoms with E-state index in [1.54, 1.807) is 35.3 Å². The minimum atomic E-state index is -1.12. The molecule has 3 aliphatic rings. The van der Waals surface area contributed by atoms with Crippen molar-refractivity contribution >= 4 is 40.3 Å². The number of alkyl halides is 1. The van der Waals surface area contributed by atoms with Crippen LogP contribution in [-0.2, 0) is 25.5 Å². The van der Waals surface area contributed by atoms with Crippen molar-refractivity contribution in [2.45, 2.75) is 18.2 Å². The largest absolute Gasteiger partial charge is 1.00 e. The van der Waals surface area contributed by atoms with Crippen molar-refractivity contribution in [3.05, 3.63) is 99.0 Å². The van der Waals surface area contributed by atoms with Crippen LogP contribution in [-0.4, -0.2) is 70.2 Å². The molecule has 0 N–H and O–H groups in total. The normalized spacial score (nSPS) is 18.6. The van der Waals surface area contributed by atoms with E-state index < -0.39 is 10.7 Å². The Morgan fingerprint density at radius 3 is 2.43 bits per heavy atom. The SMILES string of the molecule is COC1=CC(OC)(OC)C=C2C=C(C(=O)N3CC(CCl)c4ccc([N+](C)(C)Cc5ccc([N+](=O)[O-])cc5)cc43)N=C21.[Cl-]. The number of benzene rings is 2. The number of allylic oxidation sites excluding steroid dienone is 2. The van der Waals surface area contributed by atoms with Crippen molar-refractivity contribution in [1.29, 1.82) is 0 Å². The highest BCUT2D eigenvalue weighted by molar-refractivity contribution is 6.22. The van der Waals surface area contributed by atoms with E-state index in [0.29, 0.717) is 40.5 Å². The number of quaternary nitrogens is 1. The Balaban J connectivity index is 0.00000405. The Morgan fingerprint density at radius 1 is 1.14 bits per heavy atom. The standard InChI is InChI=1S/C30H32ClN4O6.ClH/c1-35(2,18-19-6-8-22(9-7-19)34(37)38)23-10-11-24-21(16-31)17-33(26(24)13-23)29(36)25-12-20-14-30(40-4,41-5)15-27(39-3)28(20)32-25;/h6-15,21H,16-18H2,1-5H3;1H/q+1;/p-1. The summed E-state index contributed by atoms with van der Waals surface area (Å²) in [7, 11) is 8.71. The van der Waals surface area contributed by atoms with Crippen LogP contribution in [0.25, 0.3) is 0 Å². The second-order valence-electron chi connectivity index (χ2n) is 10.7. The summed E-state index contributed by atoms with van der Waals surface area (Å²) in [4.78, 5) is 31.0. The molecular weight excluding hydrogens is 583 g/mol. The number of halogens is 2. The summed E-state index contributed by atoms with van der Waals surface area (Å²) < 4.78 is 17.1. The first-order valence-electron chi connectivity index (χ1n) is 13.0. The predicted molar refractivity (Wildman–Crippen MR) is 158 cm³/mol. The lowest BCUT2D eigenvalue weighted by Gasteiger charge is -2.30. The molecule has 2 aliphatic heterocycles. The maximum Gasteiger partial charge on any atom is 0.276 e. The van der Waals surface area contributed by atoms with Crippen molar-refractivity contribution in [2.24, 2.45) is 4.99 Å². The maximum absolute atomic E-state index is 13.9. The lowest BCUT2D eigenvalue weighted by Crippen LogP contribution is -3.00. The van der Waals surface area contributed by atoms with Gasteiger partial charge in [-0.2, -0.15) is 0 Å². The van der Waals surface area contributed by atoms with E-state index in [4.69, 9.17) is 25.8 Å². The van der Waals surface area contributed by atoms with Gasteiger partial charge in [-0.3, -0.25) is 19.4 Å². The number of nitro benzene ring substituents is 1. The number of ether oxygens (including phenoxy) is 3. The zero-order valence-electron chi connectivity index (χ0n) is 24.0. The molecule has 0 saturated carbocycles. The van der Waals surface area contributed by atoms with Gasteiger partial charge in [-0.25, -0.2) is 4.99 Å². The van der Waals surface area contributed by atoms with Crippen LogP contribution in [0.4, 0.5) is 17.1 Å². The van der Waals surface area contributed by atoms with E-state index >= 15 is 0 Å². The second-order valence-corrected chi connectivity index (χ2v) is 11.0.